The molecule has 2 aromatic rings. The third-order valence-corrected chi connectivity index (χ3v) is 7.27. The van der Waals surface area contributed by atoms with Gasteiger partial charge in [0.05, 0.1) is 17.7 Å². The fourth-order valence-electron chi connectivity index (χ4n) is 4.04. The molecule has 14 nitrogen and oxygen atoms in total. The second-order valence-electron chi connectivity index (χ2n) is 13.5. The van der Waals surface area contributed by atoms with Gasteiger partial charge in [0, 0.05) is 75.1 Å². The summed E-state index contributed by atoms with van der Waals surface area (Å²) in [5, 5.41) is 21.7. The third kappa shape index (κ3) is 37.3. The summed E-state index contributed by atoms with van der Waals surface area (Å²) in [5.41, 5.74) is 3.44. The molecule has 2 aromatic carbocycles. The van der Waals surface area contributed by atoms with Crippen molar-refractivity contribution in [2.24, 2.45) is 4.99 Å². The first-order chi connectivity index (χ1) is 26.7. The van der Waals surface area contributed by atoms with Gasteiger partial charge in [0.15, 0.2) is 5.78 Å². The zero-order chi connectivity index (χ0) is 43.9. The molecule has 0 aromatic heterocycles. The van der Waals surface area contributed by atoms with E-state index in [1.54, 1.807) is 40.3 Å². The number of carbonyl (C=O) groups is 5. The predicted molar refractivity (Wildman–Crippen MR) is 218 cm³/mol. The monoisotopic (exact) mass is 864 g/mol. The van der Waals surface area contributed by atoms with Gasteiger partial charge in [0.1, 0.15) is 5.78 Å². The van der Waals surface area contributed by atoms with Crippen LogP contribution >= 0.6 is 0 Å². The van der Waals surface area contributed by atoms with E-state index in [0.29, 0.717) is 5.69 Å². The summed E-state index contributed by atoms with van der Waals surface area (Å²) in [5.74, 6) is -2.16. The summed E-state index contributed by atoms with van der Waals surface area (Å²) in [6.45, 7) is 11.9. The number of nitrogens with zero attached hydrogens (tertiary/aromatic N) is 4. The Labute approximate surface area is 425 Å². The normalized spacial score (nSPS) is 12.2. The molecule has 4 rings (SSSR count). The van der Waals surface area contributed by atoms with Crippen LogP contribution in [0.5, 0.6) is 0 Å². The van der Waals surface area contributed by atoms with Crippen molar-refractivity contribution < 1.29 is 139 Å². The maximum atomic E-state index is 12.1. The number of likely N-dealkylation sites (N-methyl/N-ethyl adjacent to an activating group) is 2. The zero-order valence-electron chi connectivity index (χ0n) is 39.6. The molecule has 2 saturated heterocycles. The average Bonchev–Trinajstić information content (AvgIpc) is 3.91. The molecular formula is C43H63N4Na3O10. The van der Waals surface area contributed by atoms with E-state index < -0.39 is 17.4 Å². The molecule has 0 unspecified atom stereocenters. The molecule has 2 heterocycles. The Hall–Kier alpha value is -2.43. The van der Waals surface area contributed by atoms with E-state index in [1.165, 1.54) is 81.3 Å². The van der Waals surface area contributed by atoms with Gasteiger partial charge in [-0.3, -0.25) is 24.0 Å². The minimum Gasteiger partial charge on any atom is -1.00 e. The zero-order valence-corrected chi connectivity index (χ0v) is 44.6. The number of rotatable bonds is 8. The minimum atomic E-state index is -0.537. The van der Waals surface area contributed by atoms with Gasteiger partial charge in [0.25, 0.3) is 5.91 Å². The second-order valence-corrected chi connectivity index (χ2v) is 13.5. The quantitative estimate of drug-likeness (QED) is 0.0473. The van der Waals surface area contributed by atoms with Gasteiger partial charge < -0.3 is 35.8 Å². The van der Waals surface area contributed by atoms with Crippen molar-refractivity contribution in [3.05, 3.63) is 88.4 Å². The van der Waals surface area contributed by atoms with Crippen molar-refractivity contribution >= 4 is 41.1 Å². The summed E-state index contributed by atoms with van der Waals surface area (Å²) in [7, 11) is 9.49. The standard InChI is InChI=1S/C15H19NO3.C8H7NO.2C6H11NO2.2C4H8O.3Na.H/c1-10-5-7-12(8-6-10)9-13(18)14(11(2)17)15(19)16(3)4;1-7-2-4-8(5-3-7)9-6-10;2*1-5(8)4-6(9)7(2)3;2*1-2-4-5-3-1;;;;/h5-8,17H,9H2,1-4H3;2-5H,1H3;4H2,1-3H3;4,8H,1-3H3;2*1-4H2;;;;/q;;;;;;3*+1;-1/p-2/b14-11-;;;5-4-;;;;;;. The molecule has 60 heavy (non-hydrogen) atoms. The molecule has 0 aliphatic carbocycles. The summed E-state index contributed by atoms with van der Waals surface area (Å²) in [6, 6.07) is 14.8. The number of benzene rings is 2. The van der Waals surface area contributed by atoms with Crippen LogP contribution < -0.4 is 98.9 Å². The summed E-state index contributed by atoms with van der Waals surface area (Å²) < 4.78 is 9.89. The van der Waals surface area contributed by atoms with Crippen LogP contribution in [-0.4, -0.2) is 119 Å². The molecule has 0 spiro atoms. The second kappa shape index (κ2) is 40.6. The van der Waals surface area contributed by atoms with Gasteiger partial charge in [0.2, 0.25) is 17.9 Å². The van der Waals surface area contributed by atoms with Gasteiger partial charge in [-0.1, -0.05) is 61.4 Å². The number of isocyanates is 1. The van der Waals surface area contributed by atoms with Crippen LogP contribution in [0.4, 0.5) is 5.69 Å². The predicted octanol–water partition coefficient (Wildman–Crippen LogP) is -5.10. The van der Waals surface area contributed by atoms with Crippen LogP contribution in [0.2, 0.25) is 0 Å². The molecule has 0 saturated carbocycles. The summed E-state index contributed by atoms with van der Waals surface area (Å²) in [4.78, 5) is 72.7. The number of amides is 3. The number of carbonyl (C=O) groups excluding carboxylic acids is 6. The van der Waals surface area contributed by atoms with Crippen molar-refractivity contribution in [3.63, 3.8) is 0 Å². The molecule has 2 aliphatic heterocycles. The van der Waals surface area contributed by atoms with Crippen LogP contribution in [0.15, 0.2) is 76.7 Å². The van der Waals surface area contributed by atoms with E-state index >= 15 is 0 Å². The van der Waals surface area contributed by atoms with Crippen LogP contribution in [0.25, 0.3) is 0 Å². The Morgan fingerprint density at radius 1 is 0.700 bits per heavy atom. The molecule has 2 aliphatic rings. The van der Waals surface area contributed by atoms with Crippen LogP contribution in [0.3, 0.4) is 0 Å². The largest absolute Gasteiger partial charge is 1.00 e. The van der Waals surface area contributed by atoms with E-state index in [4.69, 9.17) is 9.47 Å². The first kappa shape index (κ1) is 66.7. The van der Waals surface area contributed by atoms with Crippen molar-refractivity contribution in [3.8, 4) is 0 Å². The van der Waals surface area contributed by atoms with E-state index in [1.807, 2.05) is 50.2 Å². The Bertz CT molecular complexity index is 1610. The topological polar surface area (TPSA) is 189 Å². The molecule has 0 radical (unpaired) electrons. The number of Topliss-reactive ketones (excluding diaryl/α,β-unsaturated/α-hetero) is 2. The Kier molecular flexibility index (Phi) is 45.1. The molecule has 3 amide bonds. The Morgan fingerprint density at radius 3 is 1.37 bits per heavy atom. The number of hydrogen-bond acceptors (Lipinski definition) is 11. The fourth-order valence-corrected chi connectivity index (χ4v) is 4.04. The van der Waals surface area contributed by atoms with E-state index in [0.717, 1.165) is 49.2 Å². The van der Waals surface area contributed by atoms with Gasteiger partial charge in [-0.2, -0.15) is 4.99 Å². The molecular weight excluding hydrogens is 801 g/mol. The van der Waals surface area contributed by atoms with Gasteiger partial charge in [-0.25, -0.2) is 4.79 Å². The number of ketones is 2. The first-order valence-electron chi connectivity index (χ1n) is 18.5. The van der Waals surface area contributed by atoms with E-state index in [-0.39, 0.29) is 132 Å². The number of hydrogen-bond donors (Lipinski definition) is 0. The molecule has 17 heteroatoms. The van der Waals surface area contributed by atoms with Crippen LogP contribution in [0, 0.1) is 13.8 Å². The number of aliphatic imine (C=N–C) groups is 1. The van der Waals surface area contributed by atoms with Crippen molar-refractivity contribution in [1.82, 2.24) is 14.7 Å². The first-order valence-corrected chi connectivity index (χ1v) is 18.5. The maximum absolute atomic E-state index is 12.1. The SMILES string of the molecule is C/C([O-])=C(\C(=O)Cc1ccc(C)cc1)C(=O)N(C)C.C/C([O-])=C/C(=O)N(C)C.C1CCOC1.C1CCOC1.CC(=O)CC(=O)N(C)C.Cc1ccc(N=C=O)cc1.[H-].[Na+].[Na+].[Na+]. The van der Waals surface area contributed by atoms with Gasteiger partial charge >= 0.3 is 88.7 Å². The van der Waals surface area contributed by atoms with Crippen molar-refractivity contribution in [2.45, 2.75) is 73.1 Å². The molecule has 2 fully saturated rings. The maximum Gasteiger partial charge on any atom is 1.00 e. The van der Waals surface area contributed by atoms with Crippen molar-refractivity contribution in [1.29, 1.82) is 0 Å². The summed E-state index contributed by atoms with van der Waals surface area (Å²) >= 11 is 0. The molecule has 0 atom stereocenters. The minimum absolute atomic E-state index is 0. The van der Waals surface area contributed by atoms with Crippen LogP contribution in [-0.2, 0) is 44.7 Å². The fraction of sp³-hybridized carbons (Fsp3) is 0.488. The van der Waals surface area contributed by atoms with Crippen molar-refractivity contribution in [2.75, 3.05) is 68.7 Å². The van der Waals surface area contributed by atoms with E-state index in [2.05, 4.69) is 4.99 Å². The van der Waals surface area contributed by atoms with Crippen LogP contribution in [0.1, 0.15) is 71.0 Å². The summed E-state index contributed by atoms with van der Waals surface area (Å²) in [6.07, 6.45) is 7.73. The third-order valence-electron chi connectivity index (χ3n) is 7.27. The molecule has 0 N–H and O–H groups in total. The number of aryl methyl sites for hydroxylation is 2. The average molecular weight is 865 g/mol. The number of allylic oxidation sites excluding steroid dienone is 2. The smallest absolute Gasteiger partial charge is 1.00 e. The molecule has 318 valence electrons. The van der Waals surface area contributed by atoms with E-state index in [9.17, 15) is 39.0 Å². The Balaban J connectivity index is -0.000000156. The molecule has 0 bridgehead atoms. The number of ether oxygens (including phenoxy) is 2. The van der Waals surface area contributed by atoms with Gasteiger partial charge in [-0.05, 0) is 70.2 Å². The van der Waals surface area contributed by atoms with Gasteiger partial charge in [-0.15, -0.1) is 11.5 Å². The Morgan fingerprint density at radius 2 is 1.12 bits per heavy atom.